The van der Waals surface area contributed by atoms with Crippen molar-refractivity contribution in [2.45, 2.75) is 33.4 Å². The van der Waals surface area contributed by atoms with E-state index in [2.05, 4.69) is 59.3 Å². The second-order valence-electron chi connectivity index (χ2n) is 5.32. The van der Waals surface area contributed by atoms with Crippen LogP contribution >= 0.6 is 0 Å². The molecule has 3 nitrogen and oxygen atoms in total. The molecule has 0 aliphatic heterocycles. The number of aromatic nitrogens is 2. The molecule has 0 atom stereocenters. The summed E-state index contributed by atoms with van der Waals surface area (Å²) in [4.78, 5) is 0. The highest BCUT2D eigenvalue weighted by molar-refractivity contribution is 5.63. The van der Waals surface area contributed by atoms with Gasteiger partial charge in [-0.2, -0.15) is 5.10 Å². The first-order valence-corrected chi connectivity index (χ1v) is 6.97. The third-order valence-corrected chi connectivity index (χ3v) is 3.25. The lowest BCUT2D eigenvalue weighted by Crippen LogP contribution is -2.08. The van der Waals surface area contributed by atoms with Crippen LogP contribution in [0.15, 0.2) is 36.5 Å². The Hall–Kier alpha value is -1.61. The van der Waals surface area contributed by atoms with Gasteiger partial charge >= 0.3 is 0 Å². The third-order valence-electron chi connectivity index (χ3n) is 3.25. The third kappa shape index (κ3) is 3.44. The Kier molecular flexibility index (Phi) is 4.74. The molecule has 0 unspecified atom stereocenters. The molecule has 0 aliphatic rings. The number of nitrogens with zero attached hydrogens (tertiary/aromatic N) is 2. The van der Waals surface area contributed by atoms with Crippen LogP contribution < -0.4 is 5.32 Å². The molecule has 3 heteroatoms. The van der Waals surface area contributed by atoms with Crippen molar-refractivity contribution in [3.8, 4) is 11.3 Å². The Balaban J connectivity index is 2.33. The number of benzene rings is 1. The van der Waals surface area contributed by atoms with Gasteiger partial charge in [0, 0.05) is 24.2 Å². The molecule has 1 heterocycles. The fourth-order valence-corrected chi connectivity index (χ4v) is 2.22. The Labute approximate surface area is 115 Å². The van der Waals surface area contributed by atoms with Crippen LogP contribution in [-0.4, -0.2) is 16.8 Å². The zero-order valence-corrected chi connectivity index (χ0v) is 12.1. The van der Waals surface area contributed by atoms with Crippen LogP contribution in [0.5, 0.6) is 0 Å². The number of hydrogen-bond donors (Lipinski definition) is 1. The van der Waals surface area contributed by atoms with Crippen LogP contribution in [0.2, 0.25) is 0 Å². The lowest BCUT2D eigenvalue weighted by atomic mass is 10.1. The summed E-state index contributed by atoms with van der Waals surface area (Å²) >= 11 is 0. The van der Waals surface area contributed by atoms with Crippen molar-refractivity contribution in [2.24, 2.45) is 5.92 Å². The standard InChI is InChI=1S/C16H23N3/c1-13(2)9-10-19-16(14-7-5-4-6-8-14)15(11-17-3)12-18-19/h4-8,12-13,17H,9-11H2,1-3H3. The quantitative estimate of drug-likeness (QED) is 0.860. The summed E-state index contributed by atoms with van der Waals surface area (Å²) in [5.74, 6) is 0.695. The van der Waals surface area contributed by atoms with E-state index in [0.717, 1.165) is 19.5 Å². The van der Waals surface area contributed by atoms with Crippen LogP contribution in [0, 0.1) is 5.92 Å². The van der Waals surface area contributed by atoms with Crippen LogP contribution in [0.25, 0.3) is 11.3 Å². The molecular weight excluding hydrogens is 234 g/mol. The molecule has 2 rings (SSSR count). The highest BCUT2D eigenvalue weighted by Crippen LogP contribution is 2.24. The van der Waals surface area contributed by atoms with Gasteiger partial charge in [0.1, 0.15) is 0 Å². The molecule has 0 radical (unpaired) electrons. The zero-order chi connectivity index (χ0) is 13.7. The Morgan fingerprint density at radius 3 is 2.58 bits per heavy atom. The number of nitrogens with one attached hydrogen (secondary N) is 1. The summed E-state index contributed by atoms with van der Waals surface area (Å²) < 4.78 is 2.14. The maximum atomic E-state index is 4.56. The topological polar surface area (TPSA) is 29.9 Å². The summed E-state index contributed by atoms with van der Waals surface area (Å²) in [6.07, 6.45) is 3.14. The lowest BCUT2D eigenvalue weighted by Gasteiger charge is -2.11. The maximum Gasteiger partial charge on any atom is 0.0727 e. The molecule has 1 N–H and O–H groups in total. The van der Waals surface area contributed by atoms with Gasteiger partial charge in [-0.1, -0.05) is 44.2 Å². The van der Waals surface area contributed by atoms with Crippen LogP contribution in [-0.2, 0) is 13.1 Å². The predicted octanol–water partition coefficient (Wildman–Crippen LogP) is 3.32. The van der Waals surface area contributed by atoms with Gasteiger partial charge in [-0.25, -0.2) is 0 Å². The monoisotopic (exact) mass is 257 g/mol. The molecule has 19 heavy (non-hydrogen) atoms. The molecule has 0 bridgehead atoms. The van der Waals surface area contributed by atoms with Crippen molar-refractivity contribution in [3.05, 3.63) is 42.1 Å². The zero-order valence-electron chi connectivity index (χ0n) is 12.1. The number of aryl methyl sites for hydroxylation is 1. The SMILES string of the molecule is CNCc1cnn(CCC(C)C)c1-c1ccccc1. The van der Waals surface area contributed by atoms with Crippen molar-refractivity contribution >= 4 is 0 Å². The second-order valence-corrected chi connectivity index (χ2v) is 5.32. The molecule has 2 aromatic rings. The predicted molar refractivity (Wildman–Crippen MR) is 79.9 cm³/mol. The average molecular weight is 257 g/mol. The van der Waals surface area contributed by atoms with Gasteiger partial charge in [0.2, 0.25) is 0 Å². The Morgan fingerprint density at radius 1 is 1.21 bits per heavy atom. The Bertz CT molecular complexity index is 500. The van der Waals surface area contributed by atoms with E-state index in [-0.39, 0.29) is 0 Å². The Morgan fingerprint density at radius 2 is 1.95 bits per heavy atom. The molecule has 1 aromatic heterocycles. The smallest absolute Gasteiger partial charge is 0.0727 e. The van der Waals surface area contributed by atoms with Crippen LogP contribution in [0.3, 0.4) is 0 Å². The largest absolute Gasteiger partial charge is 0.316 e. The van der Waals surface area contributed by atoms with Crippen molar-refractivity contribution in [3.63, 3.8) is 0 Å². The lowest BCUT2D eigenvalue weighted by molar-refractivity contribution is 0.490. The van der Waals surface area contributed by atoms with E-state index in [9.17, 15) is 0 Å². The molecule has 102 valence electrons. The first-order chi connectivity index (χ1) is 9.22. The van der Waals surface area contributed by atoms with Gasteiger partial charge in [0.15, 0.2) is 0 Å². The summed E-state index contributed by atoms with van der Waals surface area (Å²) in [7, 11) is 1.97. The maximum absolute atomic E-state index is 4.56. The van der Waals surface area contributed by atoms with Crippen molar-refractivity contribution in [1.82, 2.24) is 15.1 Å². The minimum Gasteiger partial charge on any atom is -0.316 e. The molecule has 0 fully saturated rings. The summed E-state index contributed by atoms with van der Waals surface area (Å²) in [6.45, 7) is 6.33. The summed E-state index contributed by atoms with van der Waals surface area (Å²) in [5.41, 5.74) is 3.75. The number of hydrogen-bond acceptors (Lipinski definition) is 2. The fourth-order valence-electron chi connectivity index (χ4n) is 2.22. The van der Waals surface area contributed by atoms with E-state index in [4.69, 9.17) is 0 Å². The molecule has 1 aromatic carbocycles. The first-order valence-electron chi connectivity index (χ1n) is 6.97. The average Bonchev–Trinajstić information content (AvgIpc) is 2.81. The summed E-state index contributed by atoms with van der Waals surface area (Å²) in [6, 6.07) is 10.5. The van der Waals surface area contributed by atoms with Gasteiger partial charge < -0.3 is 5.32 Å². The molecule has 0 aliphatic carbocycles. The second kappa shape index (κ2) is 6.53. The molecule has 0 spiro atoms. The van der Waals surface area contributed by atoms with Crippen molar-refractivity contribution in [2.75, 3.05) is 7.05 Å². The fraction of sp³-hybridized carbons (Fsp3) is 0.438. The van der Waals surface area contributed by atoms with Gasteiger partial charge in [-0.15, -0.1) is 0 Å². The van der Waals surface area contributed by atoms with Gasteiger partial charge in [-0.05, 0) is 19.4 Å². The highest BCUT2D eigenvalue weighted by Gasteiger charge is 2.12. The van der Waals surface area contributed by atoms with E-state index in [0.29, 0.717) is 5.92 Å². The van der Waals surface area contributed by atoms with Gasteiger partial charge in [-0.3, -0.25) is 4.68 Å². The molecule has 0 saturated heterocycles. The van der Waals surface area contributed by atoms with Crippen LogP contribution in [0.4, 0.5) is 0 Å². The van der Waals surface area contributed by atoms with Crippen molar-refractivity contribution < 1.29 is 0 Å². The minimum absolute atomic E-state index is 0.695. The molecular formula is C16H23N3. The van der Waals surface area contributed by atoms with E-state index in [1.165, 1.54) is 16.8 Å². The highest BCUT2D eigenvalue weighted by atomic mass is 15.3. The minimum atomic E-state index is 0.695. The van der Waals surface area contributed by atoms with E-state index in [1.54, 1.807) is 0 Å². The van der Waals surface area contributed by atoms with Gasteiger partial charge in [0.25, 0.3) is 0 Å². The van der Waals surface area contributed by atoms with Gasteiger partial charge in [0.05, 0.1) is 11.9 Å². The van der Waals surface area contributed by atoms with E-state index < -0.39 is 0 Å². The normalized spacial score (nSPS) is 11.2. The van der Waals surface area contributed by atoms with Crippen LogP contribution in [0.1, 0.15) is 25.8 Å². The first kappa shape index (κ1) is 13.8. The number of rotatable bonds is 6. The van der Waals surface area contributed by atoms with Crippen molar-refractivity contribution in [1.29, 1.82) is 0 Å². The summed E-state index contributed by atoms with van der Waals surface area (Å²) in [5, 5.41) is 7.78. The van der Waals surface area contributed by atoms with E-state index in [1.807, 2.05) is 13.2 Å². The molecule has 0 amide bonds. The molecule has 0 saturated carbocycles. The van der Waals surface area contributed by atoms with E-state index >= 15 is 0 Å².